The van der Waals surface area contributed by atoms with Crippen LogP contribution in [0.4, 0.5) is 0 Å². The zero-order chi connectivity index (χ0) is 14.0. The molecule has 2 nitrogen and oxygen atoms in total. The van der Waals surface area contributed by atoms with E-state index in [0.717, 1.165) is 12.8 Å². The number of hydrogen-bond acceptors (Lipinski definition) is 2. The van der Waals surface area contributed by atoms with E-state index >= 15 is 0 Å². The molecule has 0 heterocycles. The summed E-state index contributed by atoms with van der Waals surface area (Å²) in [6.07, 6.45) is 4.12. The first-order valence-corrected chi connectivity index (χ1v) is 6.94. The van der Waals surface area contributed by atoms with E-state index in [4.69, 9.17) is 4.74 Å². The van der Waals surface area contributed by atoms with E-state index in [-0.39, 0.29) is 11.9 Å². The number of rotatable bonds is 3. The molecule has 1 aromatic rings. The van der Waals surface area contributed by atoms with Crippen molar-refractivity contribution in [3.63, 3.8) is 0 Å². The molecule has 1 atom stereocenters. The second kappa shape index (κ2) is 5.60. The maximum absolute atomic E-state index is 11.6. The largest absolute Gasteiger partial charge is 0.469 e. The Morgan fingerprint density at radius 1 is 1.21 bits per heavy atom. The number of benzene rings is 1. The smallest absolute Gasteiger partial charge is 0.312 e. The molecule has 1 aliphatic rings. The van der Waals surface area contributed by atoms with Gasteiger partial charge >= 0.3 is 5.97 Å². The summed E-state index contributed by atoms with van der Waals surface area (Å²) in [4.78, 5) is 11.6. The minimum atomic E-state index is -0.145. The van der Waals surface area contributed by atoms with Gasteiger partial charge in [0, 0.05) is 0 Å². The molecular weight excluding hydrogens is 236 g/mol. The number of hydrogen-bond donors (Lipinski definition) is 0. The highest BCUT2D eigenvalue weighted by molar-refractivity contribution is 5.78. The predicted octanol–water partition coefficient (Wildman–Crippen LogP) is 3.95. The third kappa shape index (κ3) is 2.89. The Kier molecular flexibility index (Phi) is 4.08. The number of aryl methyl sites for hydroxylation is 1. The summed E-state index contributed by atoms with van der Waals surface area (Å²) in [5.74, 6) is 0.279. The van der Waals surface area contributed by atoms with Gasteiger partial charge in [-0.15, -0.1) is 0 Å². The fourth-order valence-electron chi connectivity index (χ4n) is 2.56. The minimum absolute atomic E-state index is 0.136. The van der Waals surface area contributed by atoms with Crippen LogP contribution in [0, 0.1) is 5.92 Å². The highest BCUT2D eigenvalue weighted by atomic mass is 16.5. The van der Waals surface area contributed by atoms with Crippen LogP contribution in [-0.4, -0.2) is 13.1 Å². The topological polar surface area (TPSA) is 26.3 Å². The summed E-state index contributed by atoms with van der Waals surface area (Å²) < 4.78 is 4.82. The number of fused-ring (bicyclic) bond motifs is 1. The Hall–Kier alpha value is -1.57. The Morgan fingerprint density at radius 2 is 1.95 bits per heavy atom. The zero-order valence-electron chi connectivity index (χ0n) is 12.2. The molecule has 0 aliphatic heterocycles. The fraction of sp³-hybridized carbons (Fsp3) is 0.471. The molecule has 1 aliphatic carbocycles. The molecule has 0 amide bonds. The molecule has 102 valence electrons. The molecule has 0 aromatic heterocycles. The van der Waals surface area contributed by atoms with Crippen LogP contribution in [0.15, 0.2) is 23.8 Å². The first-order chi connectivity index (χ1) is 9.02. The van der Waals surface area contributed by atoms with Crippen LogP contribution in [0.3, 0.4) is 0 Å². The molecule has 19 heavy (non-hydrogen) atoms. The molecule has 0 bridgehead atoms. The van der Waals surface area contributed by atoms with Crippen molar-refractivity contribution in [3.05, 3.63) is 40.5 Å². The lowest BCUT2D eigenvalue weighted by Crippen LogP contribution is -2.17. The SMILES string of the molecule is COC(=O)C(C)C1=Cc2ccc(C(C)C)cc2CC1. The van der Waals surface area contributed by atoms with Crippen molar-refractivity contribution in [2.75, 3.05) is 7.11 Å². The first kappa shape index (κ1) is 13.9. The molecule has 0 N–H and O–H groups in total. The Balaban J connectivity index is 2.28. The van der Waals surface area contributed by atoms with E-state index in [0.29, 0.717) is 5.92 Å². The lowest BCUT2D eigenvalue weighted by atomic mass is 9.84. The van der Waals surface area contributed by atoms with Gasteiger partial charge in [-0.3, -0.25) is 4.79 Å². The van der Waals surface area contributed by atoms with Crippen molar-refractivity contribution in [1.82, 2.24) is 0 Å². The van der Waals surface area contributed by atoms with Gasteiger partial charge < -0.3 is 4.74 Å². The van der Waals surface area contributed by atoms with E-state index in [1.165, 1.54) is 29.4 Å². The van der Waals surface area contributed by atoms with E-state index in [2.05, 4.69) is 38.1 Å². The highest BCUT2D eigenvalue weighted by Gasteiger charge is 2.21. The average molecular weight is 258 g/mol. The number of methoxy groups -OCH3 is 1. The van der Waals surface area contributed by atoms with Crippen LogP contribution < -0.4 is 0 Å². The van der Waals surface area contributed by atoms with Gasteiger partial charge in [-0.2, -0.15) is 0 Å². The molecule has 0 spiro atoms. The van der Waals surface area contributed by atoms with Crippen molar-refractivity contribution in [2.45, 2.75) is 39.5 Å². The van der Waals surface area contributed by atoms with Crippen LogP contribution in [0.5, 0.6) is 0 Å². The molecule has 0 fully saturated rings. The summed E-state index contributed by atoms with van der Waals surface area (Å²) in [7, 11) is 1.45. The van der Waals surface area contributed by atoms with Crippen molar-refractivity contribution in [1.29, 1.82) is 0 Å². The second-order valence-electron chi connectivity index (χ2n) is 5.58. The van der Waals surface area contributed by atoms with Crippen LogP contribution in [0.25, 0.3) is 6.08 Å². The number of carbonyl (C=O) groups is 1. The molecule has 1 aromatic carbocycles. The highest BCUT2D eigenvalue weighted by Crippen LogP contribution is 2.30. The summed E-state index contributed by atoms with van der Waals surface area (Å²) in [5, 5.41) is 0. The van der Waals surface area contributed by atoms with Crippen molar-refractivity contribution < 1.29 is 9.53 Å². The summed E-state index contributed by atoms with van der Waals surface area (Å²) >= 11 is 0. The normalized spacial score (nSPS) is 15.7. The number of carbonyl (C=O) groups excluding carboxylic acids is 1. The van der Waals surface area contributed by atoms with Gasteiger partial charge in [0.15, 0.2) is 0 Å². The van der Waals surface area contributed by atoms with E-state index in [1.807, 2.05) is 6.92 Å². The molecule has 1 unspecified atom stereocenters. The number of esters is 1. The molecule has 0 radical (unpaired) electrons. The Bertz CT molecular complexity index is 512. The van der Waals surface area contributed by atoms with E-state index in [9.17, 15) is 4.79 Å². The summed E-state index contributed by atoms with van der Waals surface area (Å²) in [6.45, 7) is 6.35. The maximum Gasteiger partial charge on any atom is 0.312 e. The summed E-state index contributed by atoms with van der Waals surface area (Å²) in [5.41, 5.74) is 5.21. The van der Waals surface area contributed by atoms with Crippen molar-refractivity contribution >= 4 is 12.0 Å². The van der Waals surface area contributed by atoms with Gasteiger partial charge in [0.1, 0.15) is 0 Å². The van der Waals surface area contributed by atoms with Gasteiger partial charge in [0.25, 0.3) is 0 Å². The van der Waals surface area contributed by atoms with E-state index < -0.39 is 0 Å². The molecular formula is C17H22O2. The van der Waals surface area contributed by atoms with Gasteiger partial charge in [-0.05, 0) is 42.4 Å². The average Bonchev–Trinajstić information content (AvgIpc) is 2.44. The lowest BCUT2D eigenvalue weighted by Gasteiger charge is -2.21. The molecule has 2 rings (SSSR count). The second-order valence-corrected chi connectivity index (χ2v) is 5.58. The van der Waals surface area contributed by atoms with Crippen molar-refractivity contribution in [3.8, 4) is 0 Å². The van der Waals surface area contributed by atoms with Crippen LogP contribution in [0.1, 0.15) is 49.8 Å². The zero-order valence-corrected chi connectivity index (χ0v) is 12.2. The first-order valence-electron chi connectivity index (χ1n) is 6.94. The molecule has 0 saturated heterocycles. The fourth-order valence-corrected chi connectivity index (χ4v) is 2.56. The number of ether oxygens (including phenoxy) is 1. The Morgan fingerprint density at radius 3 is 2.58 bits per heavy atom. The quantitative estimate of drug-likeness (QED) is 0.767. The van der Waals surface area contributed by atoms with Gasteiger partial charge in [-0.25, -0.2) is 0 Å². The van der Waals surface area contributed by atoms with Crippen molar-refractivity contribution in [2.24, 2.45) is 5.92 Å². The van der Waals surface area contributed by atoms with Gasteiger partial charge in [0.2, 0.25) is 0 Å². The van der Waals surface area contributed by atoms with Gasteiger partial charge in [-0.1, -0.05) is 43.7 Å². The predicted molar refractivity (Wildman–Crippen MR) is 78.0 cm³/mol. The van der Waals surface area contributed by atoms with Crippen LogP contribution in [0.2, 0.25) is 0 Å². The lowest BCUT2D eigenvalue weighted by molar-refractivity contribution is -0.143. The van der Waals surface area contributed by atoms with Gasteiger partial charge in [0.05, 0.1) is 13.0 Å². The third-order valence-corrected chi connectivity index (χ3v) is 3.97. The summed E-state index contributed by atoms with van der Waals surface area (Å²) in [6, 6.07) is 6.66. The van der Waals surface area contributed by atoms with E-state index in [1.54, 1.807) is 0 Å². The Labute approximate surface area is 115 Å². The molecule has 0 saturated carbocycles. The van der Waals surface area contributed by atoms with Crippen LogP contribution >= 0.6 is 0 Å². The minimum Gasteiger partial charge on any atom is -0.469 e. The monoisotopic (exact) mass is 258 g/mol. The maximum atomic E-state index is 11.6. The third-order valence-electron chi connectivity index (χ3n) is 3.97. The standard InChI is InChI=1S/C17H22O2/c1-11(2)13-5-7-16-10-14(6-8-15(16)9-13)12(3)17(18)19-4/h5,7,9-12H,6,8H2,1-4H3. The van der Waals surface area contributed by atoms with Crippen LogP contribution in [-0.2, 0) is 16.0 Å². The molecule has 2 heteroatoms.